The molecular formula is C19H26O6. The predicted octanol–water partition coefficient (Wildman–Crippen LogP) is 3.92. The Bertz CT molecular complexity index is 523. The highest BCUT2D eigenvalue weighted by Gasteiger charge is 2.12. The average Bonchev–Trinajstić information content (AvgIpc) is 2.64. The van der Waals surface area contributed by atoms with E-state index in [9.17, 15) is 9.59 Å². The number of unbranched alkanes of at least 4 members (excludes halogenated alkanes) is 3. The maximum Gasteiger partial charge on any atom is 0.330 e. The van der Waals surface area contributed by atoms with Crippen molar-refractivity contribution in [3.63, 3.8) is 0 Å². The Balaban J connectivity index is 2.44. The second kappa shape index (κ2) is 13.1. The van der Waals surface area contributed by atoms with Crippen LogP contribution >= 0.6 is 0 Å². The molecule has 1 aromatic carbocycles. The molecule has 6 heteroatoms. The molecule has 0 spiro atoms. The van der Waals surface area contributed by atoms with Crippen LogP contribution in [0.5, 0.6) is 0 Å². The molecule has 1 aromatic rings. The molecule has 0 radical (unpaired) electrons. The number of esters is 1. The fraction of sp³-hybridized carbons (Fsp3) is 0.474. The third kappa shape index (κ3) is 9.02. The van der Waals surface area contributed by atoms with Crippen LogP contribution in [0.2, 0.25) is 0 Å². The van der Waals surface area contributed by atoms with Crippen LogP contribution in [0.4, 0.5) is 0 Å². The van der Waals surface area contributed by atoms with Crippen LogP contribution in [0.1, 0.15) is 56.3 Å². The largest absolute Gasteiger partial charge is 0.468 e. The first-order valence-corrected chi connectivity index (χ1v) is 8.51. The van der Waals surface area contributed by atoms with E-state index in [1.54, 1.807) is 30.3 Å². The molecule has 0 fully saturated rings. The summed E-state index contributed by atoms with van der Waals surface area (Å²) in [6.07, 6.45) is 7.09. The van der Waals surface area contributed by atoms with Gasteiger partial charge in [0, 0.05) is 12.5 Å². The zero-order valence-corrected chi connectivity index (χ0v) is 14.6. The number of hydrogen-bond acceptors (Lipinski definition) is 6. The van der Waals surface area contributed by atoms with E-state index in [0.29, 0.717) is 19.5 Å². The van der Waals surface area contributed by atoms with Crippen LogP contribution in [-0.2, 0) is 24.0 Å². The van der Waals surface area contributed by atoms with Gasteiger partial charge in [-0.3, -0.25) is 10.1 Å². The highest BCUT2D eigenvalue weighted by molar-refractivity contribution is 5.87. The van der Waals surface area contributed by atoms with Gasteiger partial charge in [0.15, 0.2) is 0 Å². The quantitative estimate of drug-likeness (QED) is 0.145. The SMILES string of the molecule is CCCCCCOC(=O)/C=C/c1ccc(C(CCOC=O)OO)cc1. The average molecular weight is 350 g/mol. The second-order valence-electron chi connectivity index (χ2n) is 5.58. The van der Waals surface area contributed by atoms with E-state index in [2.05, 4.69) is 16.5 Å². The minimum absolute atomic E-state index is 0.153. The summed E-state index contributed by atoms with van der Waals surface area (Å²) in [5.41, 5.74) is 1.57. The van der Waals surface area contributed by atoms with E-state index >= 15 is 0 Å². The summed E-state index contributed by atoms with van der Waals surface area (Å²) in [7, 11) is 0. The Kier molecular flexibility index (Phi) is 11.0. The molecule has 6 nitrogen and oxygen atoms in total. The highest BCUT2D eigenvalue weighted by atomic mass is 17.1. The fourth-order valence-electron chi connectivity index (χ4n) is 2.24. The summed E-state index contributed by atoms with van der Waals surface area (Å²) in [5, 5.41) is 8.94. The van der Waals surface area contributed by atoms with Gasteiger partial charge in [-0.25, -0.2) is 9.68 Å². The molecular weight excluding hydrogens is 324 g/mol. The van der Waals surface area contributed by atoms with Crippen LogP contribution in [-0.4, -0.2) is 30.9 Å². The third-order valence-electron chi connectivity index (χ3n) is 3.66. The molecule has 0 aliphatic rings. The molecule has 0 bridgehead atoms. The molecule has 1 atom stereocenters. The van der Waals surface area contributed by atoms with Crippen LogP contribution in [0, 0.1) is 0 Å². The lowest BCUT2D eigenvalue weighted by Gasteiger charge is -2.13. The highest BCUT2D eigenvalue weighted by Crippen LogP contribution is 2.21. The van der Waals surface area contributed by atoms with Gasteiger partial charge >= 0.3 is 5.97 Å². The standard InChI is InChI=1S/C19H26O6/c1-2-3-4-5-13-24-19(21)11-8-16-6-9-17(10-7-16)18(25-22)12-14-23-15-20/h6-11,15,18,22H,2-5,12-14H2,1H3/b11-8+. The number of carbonyl (C=O) groups is 2. The van der Waals surface area contributed by atoms with Crippen molar-refractivity contribution < 1.29 is 29.2 Å². The lowest BCUT2D eigenvalue weighted by molar-refractivity contribution is -0.284. The number of ether oxygens (including phenoxy) is 2. The van der Waals surface area contributed by atoms with Crippen LogP contribution < -0.4 is 0 Å². The Labute approximate surface area is 148 Å². The van der Waals surface area contributed by atoms with E-state index in [1.807, 2.05) is 0 Å². The topological polar surface area (TPSA) is 82.1 Å². The van der Waals surface area contributed by atoms with E-state index in [1.165, 1.54) is 6.08 Å². The predicted molar refractivity (Wildman–Crippen MR) is 93.7 cm³/mol. The molecule has 1 N–H and O–H groups in total. The number of hydrogen-bond donors (Lipinski definition) is 1. The lowest BCUT2D eigenvalue weighted by atomic mass is 10.0. The van der Waals surface area contributed by atoms with Crippen molar-refractivity contribution in [2.45, 2.75) is 45.1 Å². The van der Waals surface area contributed by atoms with Crippen molar-refractivity contribution in [3.8, 4) is 0 Å². The number of benzene rings is 1. The number of carbonyl (C=O) groups excluding carboxylic acids is 2. The molecule has 1 unspecified atom stereocenters. The third-order valence-corrected chi connectivity index (χ3v) is 3.66. The van der Waals surface area contributed by atoms with Gasteiger partial charge in [-0.1, -0.05) is 50.5 Å². The summed E-state index contributed by atoms with van der Waals surface area (Å²) in [6.45, 7) is 3.08. The van der Waals surface area contributed by atoms with Crippen LogP contribution in [0.15, 0.2) is 30.3 Å². The Morgan fingerprint density at radius 3 is 2.56 bits per heavy atom. The molecule has 138 valence electrons. The van der Waals surface area contributed by atoms with Gasteiger partial charge in [-0.05, 0) is 23.6 Å². The summed E-state index contributed by atoms with van der Waals surface area (Å²) in [4.78, 5) is 26.1. The molecule has 0 saturated heterocycles. The van der Waals surface area contributed by atoms with E-state index in [0.717, 1.165) is 36.8 Å². The van der Waals surface area contributed by atoms with E-state index in [4.69, 9.17) is 9.99 Å². The molecule has 25 heavy (non-hydrogen) atoms. The minimum atomic E-state index is -0.578. The van der Waals surface area contributed by atoms with E-state index < -0.39 is 6.10 Å². The first-order valence-electron chi connectivity index (χ1n) is 8.51. The maximum atomic E-state index is 11.6. The maximum absolute atomic E-state index is 11.6. The monoisotopic (exact) mass is 350 g/mol. The Morgan fingerprint density at radius 1 is 1.16 bits per heavy atom. The van der Waals surface area contributed by atoms with Gasteiger partial charge < -0.3 is 9.47 Å². The van der Waals surface area contributed by atoms with Crippen molar-refractivity contribution in [1.29, 1.82) is 0 Å². The summed E-state index contributed by atoms with van der Waals surface area (Å²) in [5.74, 6) is -0.358. The molecule has 0 aliphatic heterocycles. The number of rotatable bonds is 13. The second-order valence-corrected chi connectivity index (χ2v) is 5.58. The van der Waals surface area contributed by atoms with Crippen molar-refractivity contribution in [1.82, 2.24) is 0 Å². The van der Waals surface area contributed by atoms with Gasteiger partial charge in [-0.15, -0.1) is 0 Å². The summed E-state index contributed by atoms with van der Waals surface area (Å²) in [6, 6.07) is 7.15. The zero-order valence-electron chi connectivity index (χ0n) is 14.6. The molecule has 0 aliphatic carbocycles. The van der Waals surface area contributed by atoms with Gasteiger partial charge in [0.25, 0.3) is 6.47 Å². The van der Waals surface area contributed by atoms with Crippen molar-refractivity contribution in [2.24, 2.45) is 0 Å². The lowest BCUT2D eigenvalue weighted by Crippen LogP contribution is -2.06. The molecule has 0 amide bonds. The van der Waals surface area contributed by atoms with Gasteiger partial charge in [0.05, 0.1) is 13.2 Å². The summed E-state index contributed by atoms with van der Waals surface area (Å²) < 4.78 is 9.72. The normalized spacial score (nSPS) is 12.1. The minimum Gasteiger partial charge on any atom is -0.468 e. The zero-order chi connectivity index (χ0) is 18.3. The Hall–Kier alpha value is -2.18. The molecule has 0 heterocycles. The first kappa shape index (κ1) is 20.9. The smallest absolute Gasteiger partial charge is 0.330 e. The van der Waals surface area contributed by atoms with Crippen LogP contribution in [0.3, 0.4) is 0 Å². The molecule has 1 rings (SSSR count). The fourth-order valence-corrected chi connectivity index (χ4v) is 2.24. The van der Waals surface area contributed by atoms with Crippen LogP contribution in [0.25, 0.3) is 6.08 Å². The van der Waals surface area contributed by atoms with Crippen molar-refractivity contribution in [3.05, 3.63) is 41.5 Å². The summed E-state index contributed by atoms with van der Waals surface area (Å²) >= 11 is 0. The van der Waals surface area contributed by atoms with Gasteiger partial charge in [0.2, 0.25) is 0 Å². The Morgan fingerprint density at radius 2 is 1.92 bits per heavy atom. The molecule has 0 saturated carbocycles. The van der Waals surface area contributed by atoms with E-state index in [-0.39, 0.29) is 12.6 Å². The first-order chi connectivity index (χ1) is 12.2. The van der Waals surface area contributed by atoms with Gasteiger partial charge in [0.1, 0.15) is 6.10 Å². The van der Waals surface area contributed by atoms with Gasteiger partial charge in [-0.2, -0.15) is 0 Å². The van der Waals surface area contributed by atoms with Crippen molar-refractivity contribution >= 4 is 18.5 Å². The van der Waals surface area contributed by atoms with Crippen molar-refractivity contribution in [2.75, 3.05) is 13.2 Å². The molecule has 0 aromatic heterocycles.